The average molecular weight is 1120 g/mol. The van der Waals surface area contributed by atoms with Crippen LogP contribution in [0.25, 0.3) is 21.8 Å². The molecule has 2 bridgehead atoms. The zero-order valence-electron chi connectivity index (χ0n) is 46.6. The number of benzene rings is 1. The number of nitrogen functional groups attached to an aromatic ring is 1. The van der Waals surface area contributed by atoms with Crippen molar-refractivity contribution < 1.29 is 33.8 Å². The number of para-hydroxylation sites is 1. The molecule has 6 aliphatic rings. The maximum absolute atomic E-state index is 14.4. The topological polar surface area (TPSA) is 251 Å². The monoisotopic (exact) mass is 1120 g/mol. The van der Waals surface area contributed by atoms with Crippen molar-refractivity contribution in [2.45, 2.75) is 140 Å². The molecule has 1 aromatic carbocycles. The number of amides is 2. The predicted octanol–water partition coefficient (Wildman–Crippen LogP) is 6.78. The van der Waals surface area contributed by atoms with Crippen molar-refractivity contribution in [3.05, 3.63) is 89.8 Å². The number of aryl methyl sites for hydroxylation is 1. The Balaban J connectivity index is 0.564. The Bertz CT molecular complexity index is 3140. The molecule has 1 aliphatic carbocycles. The number of carbonyl (C=O) groups is 2. The Morgan fingerprint density at radius 1 is 0.840 bits per heavy atom. The highest BCUT2D eigenvalue weighted by Crippen LogP contribution is 2.41. The Morgan fingerprint density at radius 2 is 1.62 bits per heavy atom. The highest BCUT2D eigenvalue weighted by molar-refractivity contribution is 7.13. The summed E-state index contributed by atoms with van der Waals surface area (Å²) in [6, 6.07) is 14.5. The van der Waals surface area contributed by atoms with E-state index in [1.54, 1.807) is 30.0 Å². The van der Waals surface area contributed by atoms with Gasteiger partial charge in [-0.1, -0.05) is 31.1 Å². The number of hydrogen-bond acceptors (Lipinski definition) is 20. The Kier molecular flexibility index (Phi) is 15.8. The number of anilines is 4. The van der Waals surface area contributed by atoms with Crippen LogP contribution >= 0.6 is 11.3 Å². The van der Waals surface area contributed by atoms with Crippen LogP contribution in [0.4, 0.5) is 23.0 Å². The summed E-state index contributed by atoms with van der Waals surface area (Å²) in [4.78, 5) is 58.4. The molecule has 81 heavy (non-hydrogen) atoms. The van der Waals surface area contributed by atoms with Gasteiger partial charge in [0.25, 0.3) is 0 Å². The fourth-order valence-electron chi connectivity index (χ4n) is 13.1. The van der Waals surface area contributed by atoms with Gasteiger partial charge in [0.05, 0.1) is 69.9 Å². The summed E-state index contributed by atoms with van der Waals surface area (Å²) in [5.74, 6) is 1.54. The van der Waals surface area contributed by atoms with E-state index in [1.807, 2.05) is 58.2 Å². The van der Waals surface area contributed by atoms with Gasteiger partial charge in [0.2, 0.25) is 17.7 Å². The Hall–Kier alpha value is -7.01. The summed E-state index contributed by atoms with van der Waals surface area (Å²) in [6.07, 6.45) is 13.1. The van der Waals surface area contributed by atoms with E-state index in [0.717, 1.165) is 131 Å². The SMILES string of the molecule is Cc1ncsc1-c1cnc([C@H](C)NC(=O)[C@@H]2C[C@@H](O)CN2C(=O)[C@@H](c2cc(N3CCC(CN4CCC(O[C@H]5C[C@H](Oc6cc(N7C8CCC7CN(c7cc(-c9ccccc9O)nnc7N)C8)ccn6)C5)CC4)CC3)no2)C(C)C)cn1. The number of thiazole rings is 1. The van der Waals surface area contributed by atoms with Gasteiger partial charge in [-0.3, -0.25) is 19.6 Å². The highest BCUT2D eigenvalue weighted by atomic mass is 32.1. The fraction of sp³-hybridized carbons (Fsp3) is 0.542. The predicted molar refractivity (Wildman–Crippen MR) is 307 cm³/mol. The van der Waals surface area contributed by atoms with Crippen LogP contribution < -0.4 is 30.5 Å². The molecule has 0 radical (unpaired) electrons. The largest absolute Gasteiger partial charge is 0.507 e. The maximum Gasteiger partial charge on any atom is 0.243 e. The first-order chi connectivity index (χ1) is 39.3. The van der Waals surface area contributed by atoms with E-state index in [-0.39, 0.29) is 54.8 Å². The number of piperidine rings is 2. The second kappa shape index (κ2) is 23.5. The van der Waals surface area contributed by atoms with Crippen molar-refractivity contribution in [2.24, 2.45) is 11.8 Å². The number of β-amino-alcohol motifs (C(OH)–C–C–N with tert-alkyl or cyclic N) is 1. The number of nitrogens with one attached hydrogen (secondary N) is 1. The molecular weight excluding hydrogens is 1050 g/mol. The summed E-state index contributed by atoms with van der Waals surface area (Å²) in [5.41, 5.74) is 13.6. The van der Waals surface area contributed by atoms with Crippen molar-refractivity contribution in [3.8, 4) is 33.5 Å². The van der Waals surface area contributed by atoms with E-state index in [2.05, 4.69) is 72.3 Å². The third-order valence-corrected chi connectivity index (χ3v) is 18.6. The smallest absolute Gasteiger partial charge is 0.243 e. The van der Waals surface area contributed by atoms with Gasteiger partial charge in [-0.15, -0.1) is 21.5 Å². The molecule has 2 unspecified atom stereocenters. The van der Waals surface area contributed by atoms with Crippen LogP contribution in [0.1, 0.15) is 108 Å². The Morgan fingerprint density at radius 3 is 2.33 bits per heavy atom. The number of carbonyl (C=O) groups excluding carboxylic acids is 2. The number of aliphatic hydroxyl groups is 1. The number of fused-ring (bicyclic) bond motifs is 2. The fourth-order valence-corrected chi connectivity index (χ4v) is 13.9. The number of ether oxygens (including phenoxy) is 2. The van der Waals surface area contributed by atoms with Crippen molar-refractivity contribution >= 4 is 46.2 Å². The molecular formula is C59H74N14O7S. The highest BCUT2D eigenvalue weighted by Gasteiger charge is 2.45. The molecule has 10 heterocycles. The van der Waals surface area contributed by atoms with Crippen LogP contribution in [0.15, 0.2) is 77.2 Å². The number of hydrogen-bond donors (Lipinski definition) is 4. The number of phenolic OH excluding ortho intramolecular Hbond substituents is 1. The minimum absolute atomic E-state index is 0.0565. The standard InChI is InChI=1S/C59H74N14O7S/c1-34(2)55(59(77)72-32-41(74)22-50(72)58(76)65-35(3)47-27-63-48(28-62-47)56-36(4)64-33-81-56)52-26-53(68-80-52)70-19-12-37(13-20-70)29-69-17-14-42(15-18-69)78-43-23-44(24-43)79-54-21-38(11-16-61-54)73-39-9-10-40(73)31-71(30-39)49-25-46(66-67-57(49)60)45-7-5-6-8-51(45)75/h5-8,11,16,21,25-28,33-35,37,39-44,50,55,74-75H,9-10,12-15,17-20,22-24,29-32H2,1-4H3,(H2,60,67)(H,65,76)/t35-,39?,40?,41+,43-,44-,50-,55+/m0/s1. The second-order valence-corrected chi connectivity index (χ2v) is 24.4. The van der Waals surface area contributed by atoms with Crippen LogP contribution in [-0.2, 0) is 14.3 Å². The van der Waals surface area contributed by atoms with Gasteiger partial charge in [-0.2, -0.15) is 0 Å². The van der Waals surface area contributed by atoms with E-state index < -0.39 is 24.1 Å². The van der Waals surface area contributed by atoms with Gasteiger partial charge < -0.3 is 59.8 Å². The average Bonchev–Trinajstić information content (AvgIpc) is 4.28. The number of phenols is 1. The third kappa shape index (κ3) is 11.7. The molecule has 5 saturated heterocycles. The molecule has 0 spiro atoms. The minimum atomic E-state index is -0.849. The summed E-state index contributed by atoms with van der Waals surface area (Å²) in [5, 5.41) is 37.3. The lowest BCUT2D eigenvalue weighted by Gasteiger charge is -2.43. The molecule has 5 N–H and O–H groups in total. The normalized spacial score (nSPS) is 24.4. The van der Waals surface area contributed by atoms with E-state index in [9.17, 15) is 19.8 Å². The van der Waals surface area contributed by atoms with Crippen LogP contribution in [0.3, 0.4) is 0 Å². The molecule has 428 valence electrons. The second-order valence-electron chi connectivity index (χ2n) is 23.5. The number of piperazine rings is 1. The zero-order chi connectivity index (χ0) is 55.9. The van der Waals surface area contributed by atoms with E-state index in [4.69, 9.17) is 19.7 Å². The molecule has 22 heteroatoms. The van der Waals surface area contributed by atoms with E-state index in [1.165, 1.54) is 16.2 Å². The van der Waals surface area contributed by atoms with Crippen molar-refractivity contribution in [2.75, 3.05) is 72.8 Å². The molecule has 1 saturated carbocycles. The van der Waals surface area contributed by atoms with Gasteiger partial charge in [0.1, 0.15) is 29.5 Å². The molecule has 5 aliphatic heterocycles. The number of nitrogens with two attached hydrogens (primary N) is 1. The lowest BCUT2D eigenvalue weighted by Crippen LogP contribution is -2.54. The minimum Gasteiger partial charge on any atom is -0.507 e. The molecule has 5 aromatic heterocycles. The third-order valence-electron chi connectivity index (χ3n) is 17.6. The van der Waals surface area contributed by atoms with Crippen LogP contribution in [-0.4, -0.2) is 162 Å². The number of aromatic nitrogens is 7. The molecule has 2 amide bonds. The van der Waals surface area contributed by atoms with E-state index >= 15 is 0 Å². The molecule has 12 rings (SSSR count). The summed E-state index contributed by atoms with van der Waals surface area (Å²) in [7, 11) is 0. The molecule has 6 atom stereocenters. The van der Waals surface area contributed by atoms with Gasteiger partial charge >= 0.3 is 0 Å². The van der Waals surface area contributed by atoms with Crippen molar-refractivity contribution in [1.82, 2.24) is 50.4 Å². The molecule has 6 aromatic rings. The van der Waals surface area contributed by atoms with Crippen LogP contribution in [0.5, 0.6) is 11.6 Å². The number of nitrogens with zero attached hydrogens (tertiary/aromatic N) is 12. The van der Waals surface area contributed by atoms with Gasteiger partial charge in [-0.25, -0.2) is 9.97 Å². The van der Waals surface area contributed by atoms with Gasteiger partial charge in [-0.05, 0) is 88.5 Å². The zero-order valence-corrected chi connectivity index (χ0v) is 47.4. The summed E-state index contributed by atoms with van der Waals surface area (Å²) < 4.78 is 19.0. The number of rotatable bonds is 17. The number of likely N-dealkylation sites (tertiary alicyclic amines) is 2. The lowest BCUT2D eigenvalue weighted by molar-refractivity contribution is -0.141. The number of aliphatic hydroxyl groups excluding tert-OH is 1. The number of aromatic hydroxyl groups is 1. The quantitative estimate of drug-likeness (QED) is 0.0734. The van der Waals surface area contributed by atoms with E-state index in [0.29, 0.717) is 52.4 Å². The molecule has 6 fully saturated rings. The van der Waals surface area contributed by atoms with Gasteiger partial charge in [0, 0.05) is 113 Å². The first-order valence-electron chi connectivity index (χ1n) is 29.0. The maximum atomic E-state index is 14.4. The lowest BCUT2D eigenvalue weighted by atomic mass is 9.91. The first kappa shape index (κ1) is 54.6. The summed E-state index contributed by atoms with van der Waals surface area (Å²) in [6.45, 7) is 14.2. The summed E-state index contributed by atoms with van der Waals surface area (Å²) >= 11 is 1.50. The van der Waals surface area contributed by atoms with Crippen LogP contribution in [0.2, 0.25) is 0 Å². The number of pyridine rings is 1. The molecule has 21 nitrogen and oxygen atoms in total. The Labute approximate surface area is 476 Å². The van der Waals surface area contributed by atoms with Crippen molar-refractivity contribution in [1.29, 1.82) is 0 Å². The van der Waals surface area contributed by atoms with Gasteiger partial charge in [0.15, 0.2) is 17.4 Å². The first-order valence-corrected chi connectivity index (χ1v) is 29.8. The van der Waals surface area contributed by atoms with Crippen LogP contribution in [0, 0.1) is 18.8 Å². The van der Waals surface area contributed by atoms with Crippen molar-refractivity contribution in [3.63, 3.8) is 0 Å².